The van der Waals surface area contributed by atoms with E-state index in [2.05, 4.69) is 15.3 Å². The van der Waals surface area contributed by atoms with E-state index in [-0.39, 0.29) is 11.1 Å². The van der Waals surface area contributed by atoms with E-state index in [1.807, 2.05) is 12.9 Å². The van der Waals surface area contributed by atoms with Crippen molar-refractivity contribution < 1.29 is 22.7 Å². The lowest BCUT2D eigenvalue weighted by molar-refractivity contribution is -0.137. The van der Waals surface area contributed by atoms with Crippen LogP contribution in [0.1, 0.15) is 48.8 Å². The second-order valence-electron chi connectivity index (χ2n) is 8.67. The first kappa shape index (κ1) is 23.5. The van der Waals surface area contributed by atoms with Crippen molar-refractivity contribution in [2.75, 3.05) is 18.5 Å². The summed E-state index contributed by atoms with van der Waals surface area (Å²) in [5.74, 6) is 2.80. The van der Waals surface area contributed by atoms with Gasteiger partial charge in [0.2, 0.25) is 0 Å². The Morgan fingerprint density at radius 3 is 2.68 bits per heavy atom. The molecule has 34 heavy (non-hydrogen) atoms. The number of rotatable bonds is 4. The third kappa shape index (κ3) is 4.40. The van der Waals surface area contributed by atoms with Gasteiger partial charge in [-0.2, -0.15) is 18.4 Å². The largest absolute Gasteiger partial charge is 0.416 e. The Morgan fingerprint density at radius 1 is 1.29 bits per heavy atom. The number of benzene rings is 1. The number of alkyl halides is 3. The number of aromatic nitrogens is 2. The minimum atomic E-state index is -4.58. The molecule has 0 saturated carbocycles. The van der Waals surface area contributed by atoms with E-state index >= 15 is 0 Å². The molecule has 0 amide bonds. The number of fused-ring (bicyclic) bond motifs is 1. The molecule has 2 atom stereocenters. The SMILES string of the molecule is Cc1nc(N[C@H](C)c2cc(C#N)cc(C(F)(F)F)c2)c2c(n1)=CC(=C=O)N(C1(C)CCOC1)C=2. The lowest BCUT2D eigenvalue weighted by Crippen LogP contribution is -2.49. The number of nitrogens with one attached hydrogen (secondary N) is 1. The minimum Gasteiger partial charge on any atom is -0.379 e. The van der Waals surface area contributed by atoms with Crippen LogP contribution in [0.15, 0.2) is 23.9 Å². The van der Waals surface area contributed by atoms with Gasteiger partial charge in [0, 0.05) is 12.8 Å². The number of ether oxygens (including phenoxy) is 1. The smallest absolute Gasteiger partial charge is 0.379 e. The summed E-state index contributed by atoms with van der Waals surface area (Å²) in [7, 11) is 0. The zero-order chi connectivity index (χ0) is 24.7. The number of nitrogens with zero attached hydrogens (tertiary/aromatic N) is 4. The van der Waals surface area contributed by atoms with Crippen LogP contribution >= 0.6 is 0 Å². The fraction of sp³-hybridized carbons (Fsp3) is 0.375. The van der Waals surface area contributed by atoms with Crippen molar-refractivity contribution in [1.29, 1.82) is 5.26 Å². The average Bonchev–Trinajstić information content (AvgIpc) is 3.24. The van der Waals surface area contributed by atoms with E-state index in [1.165, 1.54) is 6.07 Å². The van der Waals surface area contributed by atoms with E-state index in [9.17, 15) is 23.2 Å². The van der Waals surface area contributed by atoms with Crippen LogP contribution in [0.25, 0.3) is 12.3 Å². The summed E-state index contributed by atoms with van der Waals surface area (Å²) in [6.45, 7) is 6.33. The van der Waals surface area contributed by atoms with Crippen LogP contribution in [0.2, 0.25) is 0 Å². The van der Waals surface area contributed by atoms with Gasteiger partial charge in [-0.1, -0.05) is 0 Å². The Kier molecular flexibility index (Phi) is 5.94. The van der Waals surface area contributed by atoms with Gasteiger partial charge in [0.1, 0.15) is 17.3 Å². The summed E-state index contributed by atoms with van der Waals surface area (Å²) >= 11 is 0. The molecule has 4 rings (SSSR count). The lowest BCUT2D eigenvalue weighted by Gasteiger charge is -2.36. The topological polar surface area (TPSA) is 91.1 Å². The molecular weight excluding hydrogens is 447 g/mol. The van der Waals surface area contributed by atoms with Crippen molar-refractivity contribution in [3.05, 3.63) is 57.0 Å². The summed E-state index contributed by atoms with van der Waals surface area (Å²) in [4.78, 5) is 22.4. The number of aryl methyl sites for hydroxylation is 1. The first-order valence-electron chi connectivity index (χ1n) is 10.6. The second kappa shape index (κ2) is 8.60. The summed E-state index contributed by atoms with van der Waals surface area (Å²) in [5.41, 5.74) is -0.832. The Bertz CT molecular complexity index is 1350. The zero-order valence-electron chi connectivity index (χ0n) is 18.8. The molecule has 7 nitrogen and oxygen atoms in total. The van der Waals surface area contributed by atoms with Crippen molar-refractivity contribution >= 4 is 24.0 Å². The van der Waals surface area contributed by atoms with Crippen molar-refractivity contribution in [2.45, 2.75) is 44.9 Å². The molecule has 1 unspecified atom stereocenters. The van der Waals surface area contributed by atoms with Gasteiger partial charge < -0.3 is 15.0 Å². The van der Waals surface area contributed by atoms with Crippen molar-refractivity contribution in [3.8, 4) is 6.07 Å². The lowest BCUT2D eigenvalue weighted by atomic mass is 9.97. The molecule has 0 radical (unpaired) electrons. The maximum absolute atomic E-state index is 13.3. The predicted octanol–water partition coefficient (Wildman–Crippen LogP) is 2.58. The molecule has 2 aliphatic heterocycles. The Balaban J connectivity index is 1.79. The first-order chi connectivity index (χ1) is 16.0. The quantitative estimate of drug-likeness (QED) is 0.689. The number of anilines is 1. The van der Waals surface area contributed by atoms with Gasteiger partial charge in [-0.3, -0.25) is 0 Å². The summed E-state index contributed by atoms with van der Waals surface area (Å²) in [6.07, 6.45) is -0.503. The van der Waals surface area contributed by atoms with Crippen molar-refractivity contribution in [2.24, 2.45) is 0 Å². The Morgan fingerprint density at radius 2 is 2.06 bits per heavy atom. The van der Waals surface area contributed by atoms with Crippen LogP contribution in [0.3, 0.4) is 0 Å². The monoisotopic (exact) mass is 469 g/mol. The minimum absolute atomic E-state index is 0.0830. The number of allylic oxidation sites excluding steroid dienone is 1. The molecule has 176 valence electrons. The molecule has 1 N–H and O–H groups in total. The zero-order valence-corrected chi connectivity index (χ0v) is 18.8. The molecule has 10 heteroatoms. The second-order valence-corrected chi connectivity index (χ2v) is 8.67. The molecule has 2 aromatic rings. The third-order valence-electron chi connectivity index (χ3n) is 6.03. The fourth-order valence-corrected chi connectivity index (χ4v) is 4.14. The normalized spacial score (nSPS) is 20.5. The summed E-state index contributed by atoms with van der Waals surface area (Å²) in [5, 5.41) is 13.5. The maximum Gasteiger partial charge on any atom is 0.416 e. The highest BCUT2D eigenvalue weighted by molar-refractivity contribution is 5.72. The summed E-state index contributed by atoms with van der Waals surface area (Å²) < 4.78 is 45.6. The molecule has 1 aromatic carbocycles. The highest BCUT2D eigenvalue weighted by atomic mass is 19.4. The number of hydrogen-bond donors (Lipinski definition) is 1. The van der Waals surface area contributed by atoms with Gasteiger partial charge in [-0.25, -0.2) is 14.8 Å². The van der Waals surface area contributed by atoms with Gasteiger partial charge in [0.15, 0.2) is 5.94 Å². The molecule has 1 fully saturated rings. The van der Waals surface area contributed by atoms with Crippen LogP contribution < -0.4 is 15.9 Å². The third-order valence-corrected chi connectivity index (χ3v) is 6.03. The molecule has 1 aromatic heterocycles. The van der Waals surface area contributed by atoms with E-state index in [0.717, 1.165) is 12.1 Å². The predicted molar refractivity (Wildman–Crippen MR) is 118 cm³/mol. The van der Waals surface area contributed by atoms with Crippen LogP contribution in [0.5, 0.6) is 0 Å². The molecule has 0 bridgehead atoms. The van der Waals surface area contributed by atoms with Gasteiger partial charge in [0.25, 0.3) is 0 Å². The Hall–Kier alpha value is -3.67. The maximum atomic E-state index is 13.3. The molecular formula is C24H22F3N5O2. The molecule has 3 heterocycles. The highest BCUT2D eigenvalue weighted by Crippen LogP contribution is 2.33. The molecule has 0 aliphatic carbocycles. The van der Waals surface area contributed by atoms with Crippen LogP contribution in [-0.2, 0) is 15.7 Å². The number of halogens is 3. The number of nitriles is 1. The van der Waals surface area contributed by atoms with Crippen LogP contribution in [-0.4, -0.2) is 39.6 Å². The van der Waals surface area contributed by atoms with Crippen LogP contribution in [0, 0.1) is 18.3 Å². The average molecular weight is 469 g/mol. The van der Waals surface area contributed by atoms with E-state index in [0.29, 0.717) is 47.5 Å². The van der Waals surface area contributed by atoms with Crippen molar-refractivity contribution in [1.82, 2.24) is 14.9 Å². The van der Waals surface area contributed by atoms with E-state index in [4.69, 9.17) is 4.74 Å². The van der Waals surface area contributed by atoms with Gasteiger partial charge >= 0.3 is 6.18 Å². The molecule has 1 saturated heterocycles. The molecule has 2 aliphatic rings. The van der Waals surface area contributed by atoms with Crippen LogP contribution in [0.4, 0.5) is 19.0 Å². The number of hydrogen-bond acceptors (Lipinski definition) is 7. The summed E-state index contributed by atoms with van der Waals surface area (Å²) in [6, 6.07) is 4.44. The fourth-order valence-electron chi connectivity index (χ4n) is 4.14. The van der Waals surface area contributed by atoms with Gasteiger partial charge in [0.05, 0.1) is 46.0 Å². The van der Waals surface area contributed by atoms with E-state index in [1.54, 1.807) is 37.1 Å². The number of carbonyl (C=O) groups excluding carboxylic acids is 1. The Labute approximate surface area is 193 Å². The molecule has 0 spiro atoms. The standard InChI is InChI=1S/C24H22F3N5O2/c1-14(17-6-16(10-28)7-18(8-17)24(25,26)27)29-22-20-11-32(23(3)4-5-34-13-23)19(12-33)9-21(20)30-15(2)31-22/h6-9,11,14H,4-5,13H2,1-3H3,(H,29,30,31)/t14-,23?/m1/s1. The van der Waals surface area contributed by atoms with Gasteiger partial charge in [-0.05, 0) is 57.0 Å². The van der Waals surface area contributed by atoms with E-state index < -0.39 is 23.3 Å². The first-order valence-corrected chi connectivity index (χ1v) is 10.6. The van der Waals surface area contributed by atoms with Crippen molar-refractivity contribution in [3.63, 3.8) is 0 Å². The highest BCUT2D eigenvalue weighted by Gasteiger charge is 2.37. The van der Waals surface area contributed by atoms with Gasteiger partial charge in [-0.15, -0.1) is 0 Å².